The van der Waals surface area contributed by atoms with Crippen LogP contribution in [0.25, 0.3) is 0 Å². The van der Waals surface area contributed by atoms with Gasteiger partial charge in [-0.2, -0.15) is 0 Å². The fourth-order valence-corrected chi connectivity index (χ4v) is 3.93. The van der Waals surface area contributed by atoms with Gasteiger partial charge in [0.15, 0.2) is 0 Å². The molecule has 1 heterocycles. The van der Waals surface area contributed by atoms with E-state index in [1.165, 1.54) is 25.7 Å². The van der Waals surface area contributed by atoms with Crippen molar-refractivity contribution >= 4 is 5.97 Å². The fraction of sp³-hybridized carbons (Fsp3) is 0.938. The molecule has 0 aromatic heterocycles. The van der Waals surface area contributed by atoms with Crippen LogP contribution in [0.15, 0.2) is 0 Å². The summed E-state index contributed by atoms with van der Waals surface area (Å²) in [5, 5.41) is 9.53. The molecular weight excluding hydrogens is 238 g/mol. The molecule has 110 valence electrons. The molecule has 1 saturated carbocycles. The molecule has 0 aromatic carbocycles. The van der Waals surface area contributed by atoms with Crippen molar-refractivity contribution in [3.63, 3.8) is 0 Å². The minimum atomic E-state index is -0.607. The lowest BCUT2D eigenvalue weighted by Crippen LogP contribution is -2.53. The van der Waals surface area contributed by atoms with E-state index in [0.29, 0.717) is 12.0 Å². The number of hydrogen-bond donors (Lipinski definition) is 1. The van der Waals surface area contributed by atoms with Gasteiger partial charge in [0.25, 0.3) is 0 Å². The minimum absolute atomic E-state index is 0.232. The topological polar surface area (TPSA) is 40.5 Å². The van der Waals surface area contributed by atoms with Gasteiger partial charge >= 0.3 is 5.97 Å². The quantitative estimate of drug-likeness (QED) is 0.852. The van der Waals surface area contributed by atoms with Gasteiger partial charge in [0.05, 0.1) is 0 Å². The Balaban J connectivity index is 2.03. The molecule has 5 unspecified atom stereocenters. The maximum absolute atomic E-state index is 11.6. The third-order valence-electron chi connectivity index (χ3n) is 5.65. The Labute approximate surface area is 117 Å². The molecule has 2 fully saturated rings. The third-order valence-corrected chi connectivity index (χ3v) is 5.65. The Bertz CT molecular complexity index is 318. The van der Waals surface area contributed by atoms with E-state index in [4.69, 9.17) is 0 Å². The van der Waals surface area contributed by atoms with E-state index in [-0.39, 0.29) is 6.04 Å². The average Bonchev–Trinajstić information content (AvgIpc) is 2.41. The van der Waals surface area contributed by atoms with Crippen molar-refractivity contribution in [2.24, 2.45) is 17.8 Å². The summed E-state index contributed by atoms with van der Waals surface area (Å²) in [6, 6.07) is 0.273. The van der Waals surface area contributed by atoms with Crippen molar-refractivity contribution in [2.75, 3.05) is 6.54 Å². The Morgan fingerprint density at radius 2 is 1.89 bits per heavy atom. The van der Waals surface area contributed by atoms with Gasteiger partial charge in [0.1, 0.15) is 6.04 Å². The van der Waals surface area contributed by atoms with Gasteiger partial charge in [-0.25, -0.2) is 0 Å². The molecule has 0 amide bonds. The second kappa shape index (κ2) is 6.25. The predicted octanol–water partition coefficient (Wildman–Crippen LogP) is 3.39. The Morgan fingerprint density at radius 1 is 1.16 bits per heavy atom. The molecule has 3 nitrogen and oxygen atoms in total. The highest BCUT2D eigenvalue weighted by molar-refractivity contribution is 5.73. The predicted molar refractivity (Wildman–Crippen MR) is 77.1 cm³/mol. The Morgan fingerprint density at radius 3 is 2.47 bits per heavy atom. The van der Waals surface area contributed by atoms with E-state index in [2.05, 4.69) is 25.7 Å². The minimum Gasteiger partial charge on any atom is -0.480 e. The van der Waals surface area contributed by atoms with Gasteiger partial charge in [-0.05, 0) is 56.4 Å². The fourth-order valence-electron chi connectivity index (χ4n) is 3.93. The third kappa shape index (κ3) is 3.31. The summed E-state index contributed by atoms with van der Waals surface area (Å²) in [7, 11) is 0. The van der Waals surface area contributed by atoms with Gasteiger partial charge in [-0.3, -0.25) is 9.69 Å². The van der Waals surface area contributed by atoms with Gasteiger partial charge in [0, 0.05) is 6.04 Å². The van der Waals surface area contributed by atoms with Gasteiger partial charge in [-0.15, -0.1) is 0 Å². The first-order valence-corrected chi connectivity index (χ1v) is 8.01. The first-order chi connectivity index (χ1) is 9.02. The summed E-state index contributed by atoms with van der Waals surface area (Å²) in [6.45, 7) is 7.83. The number of likely N-dealkylation sites (tertiary alicyclic amines) is 1. The van der Waals surface area contributed by atoms with Crippen molar-refractivity contribution in [3.8, 4) is 0 Å². The lowest BCUT2D eigenvalue weighted by Gasteiger charge is -2.45. The zero-order valence-electron chi connectivity index (χ0n) is 12.6. The SMILES string of the molecule is CCC1CCN(C2CCC(C)C(C)C2)C(C(=O)O)C1. The molecule has 0 radical (unpaired) electrons. The van der Waals surface area contributed by atoms with Gasteiger partial charge < -0.3 is 5.11 Å². The molecule has 3 heteroatoms. The monoisotopic (exact) mass is 267 g/mol. The zero-order valence-corrected chi connectivity index (χ0v) is 12.6. The van der Waals surface area contributed by atoms with Crippen molar-refractivity contribution in [2.45, 2.75) is 71.4 Å². The van der Waals surface area contributed by atoms with Crippen molar-refractivity contribution in [3.05, 3.63) is 0 Å². The number of carboxylic acid groups (broad SMARTS) is 1. The summed E-state index contributed by atoms with van der Waals surface area (Å²) in [5.41, 5.74) is 0. The Kier molecular flexibility index (Phi) is 4.88. The van der Waals surface area contributed by atoms with E-state index in [0.717, 1.165) is 31.2 Å². The highest BCUT2D eigenvalue weighted by atomic mass is 16.4. The second-order valence-electron chi connectivity index (χ2n) is 6.81. The first kappa shape index (κ1) is 14.8. The highest BCUT2D eigenvalue weighted by Gasteiger charge is 2.38. The van der Waals surface area contributed by atoms with E-state index < -0.39 is 5.97 Å². The second-order valence-corrected chi connectivity index (χ2v) is 6.81. The first-order valence-electron chi connectivity index (χ1n) is 8.01. The summed E-state index contributed by atoms with van der Waals surface area (Å²) in [6.07, 6.45) is 6.78. The van der Waals surface area contributed by atoms with Crippen LogP contribution >= 0.6 is 0 Å². The molecule has 1 aliphatic carbocycles. The van der Waals surface area contributed by atoms with Crippen molar-refractivity contribution < 1.29 is 9.90 Å². The molecular formula is C16H29NO2. The lowest BCUT2D eigenvalue weighted by atomic mass is 9.77. The number of carbonyl (C=O) groups is 1. The summed E-state index contributed by atoms with van der Waals surface area (Å²) < 4.78 is 0. The van der Waals surface area contributed by atoms with Gasteiger partial charge in [-0.1, -0.05) is 27.2 Å². The van der Waals surface area contributed by atoms with Crippen LogP contribution in [0, 0.1) is 17.8 Å². The zero-order chi connectivity index (χ0) is 14.0. The number of aliphatic carboxylic acids is 1. The molecule has 0 spiro atoms. The summed E-state index contributed by atoms with van der Waals surface area (Å²) in [5.74, 6) is 1.53. The van der Waals surface area contributed by atoms with Crippen LogP contribution in [0.2, 0.25) is 0 Å². The molecule has 1 aliphatic heterocycles. The van der Waals surface area contributed by atoms with Crippen molar-refractivity contribution in [1.29, 1.82) is 0 Å². The molecule has 2 rings (SSSR count). The number of carboxylic acids is 1. The molecule has 1 N–H and O–H groups in total. The van der Waals surface area contributed by atoms with Gasteiger partial charge in [0.2, 0.25) is 0 Å². The van der Waals surface area contributed by atoms with E-state index >= 15 is 0 Å². The van der Waals surface area contributed by atoms with E-state index in [1.807, 2.05) is 0 Å². The largest absolute Gasteiger partial charge is 0.480 e. The van der Waals surface area contributed by atoms with Crippen LogP contribution < -0.4 is 0 Å². The average molecular weight is 267 g/mol. The van der Waals surface area contributed by atoms with Crippen LogP contribution in [0.5, 0.6) is 0 Å². The van der Waals surface area contributed by atoms with Crippen LogP contribution in [0.1, 0.15) is 59.3 Å². The number of piperidine rings is 1. The smallest absolute Gasteiger partial charge is 0.320 e. The summed E-state index contributed by atoms with van der Waals surface area (Å²) in [4.78, 5) is 13.9. The maximum atomic E-state index is 11.6. The molecule has 0 bridgehead atoms. The summed E-state index contributed by atoms with van der Waals surface area (Å²) >= 11 is 0. The molecule has 1 saturated heterocycles. The van der Waals surface area contributed by atoms with E-state index in [9.17, 15) is 9.90 Å². The highest BCUT2D eigenvalue weighted by Crippen LogP contribution is 2.36. The lowest BCUT2D eigenvalue weighted by molar-refractivity contribution is -0.147. The van der Waals surface area contributed by atoms with Crippen LogP contribution in [0.3, 0.4) is 0 Å². The number of nitrogens with zero attached hydrogens (tertiary/aromatic N) is 1. The number of hydrogen-bond acceptors (Lipinski definition) is 2. The molecule has 19 heavy (non-hydrogen) atoms. The standard InChI is InChI=1S/C16H29NO2/c1-4-13-7-8-17(15(10-13)16(18)19)14-6-5-11(2)12(3)9-14/h11-15H,4-10H2,1-3H3,(H,18,19). The molecule has 5 atom stereocenters. The van der Waals surface area contributed by atoms with Crippen LogP contribution in [-0.4, -0.2) is 34.6 Å². The Hall–Kier alpha value is -0.570. The van der Waals surface area contributed by atoms with Crippen LogP contribution in [0.4, 0.5) is 0 Å². The van der Waals surface area contributed by atoms with Crippen molar-refractivity contribution in [1.82, 2.24) is 4.90 Å². The maximum Gasteiger partial charge on any atom is 0.320 e. The van der Waals surface area contributed by atoms with E-state index in [1.54, 1.807) is 0 Å². The molecule has 2 aliphatic rings. The molecule has 0 aromatic rings. The normalized spacial score (nSPS) is 41.1. The van der Waals surface area contributed by atoms with Crippen LogP contribution in [-0.2, 0) is 4.79 Å². The number of rotatable bonds is 3.